The van der Waals surface area contributed by atoms with Gasteiger partial charge in [-0.2, -0.15) is 0 Å². The van der Waals surface area contributed by atoms with Crippen LogP contribution in [0.4, 0.5) is 5.82 Å². The van der Waals surface area contributed by atoms with E-state index in [1.54, 1.807) is 23.8 Å². The van der Waals surface area contributed by atoms with E-state index in [2.05, 4.69) is 15.5 Å². The van der Waals surface area contributed by atoms with Crippen LogP contribution in [0.5, 0.6) is 0 Å². The minimum atomic E-state index is 0.699. The van der Waals surface area contributed by atoms with Gasteiger partial charge in [-0.3, -0.25) is 0 Å². The molecule has 0 radical (unpaired) electrons. The van der Waals surface area contributed by atoms with Crippen molar-refractivity contribution in [3.63, 3.8) is 0 Å². The lowest BCUT2D eigenvalue weighted by molar-refractivity contribution is 0.421. The Morgan fingerprint density at radius 1 is 1.62 bits per heavy atom. The third-order valence-corrected chi connectivity index (χ3v) is 2.42. The van der Waals surface area contributed by atoms with Crippen molar-refractivity contribution < 1.29 is 4.52 Å². The second-order valence-electron chi connectivity index (χ2n) is 2.63. The first-order valence-corrected chi connectivity index (χ1v) is 4.77. The maximum atomic E-state index is 4.79. The summed E-state index contributed by atoms with van der Waals surface area (Å²) in [6, 6.07) is 0. The molecule has 2 aromatic rings. The zero-order valence-corrected chi connectivity index (χ0v) is 7.97. The number of nitrogens with zero attached hydrogens (tertiary/aromatic N) is 2. The van der Waals surface area contributed by atoms with Crippen molar-refractivity contribution >= 4 is 17.2 Å². The second kappa shape index (κ2) is 3.57. The van der Waals surface area contributed by atoms with Gasteiger partial charge in [-0.05, 0) is 6.92 Å². The molecule has 0 unspecified atom stereocenters. The van der Waals surface area contributed by atoms with E-state index in [-0.39, 0.29) is 0 Å². The highest BCUT2D eigenvalue weighted by Gasteiger charge is 2.02. The molecule has 1 N–H and O–H groups in total. The van der Waals surface area contributed by atoms with Gasteiger partial charge in [0.1, 0.15) is 11.3 Å². The van der Waals surface area contributed by atoms with E-state index in [1.165, 1.54) is 0 Å². The Morgan fingerprint density at radius 2 is 2.54 bits per heavy atom. The Bertz CT molecular complexity index is 368. The number of rotatable bonds is 3. The number of nitrogens with one attached hydrogen (secondary N) is 1. The van der Waals surface area contributed by atoms with Crippen LogP contribution in [-0.4, -0.2) is 10.1 Å². The number of aromatic nitrogens is 2. The minimum absolute atomic E-state index is 0.699. The van der Waals surface area contributed by atoms with Gasteiger partial charge in [0, 0.05) is 17.1 Å². The van der Waals surface area contributed by atoms with Crippen molar-refractivity contribution in [3.05, 3.63) is 28.4 Å². The highest BCUT2D eigenvalue weighted by atomic mass is 32.1. The van der Waals surface area contributed by atoms with E-state index >= 15 is 0 Å². The summed E-state index contributed by atoms with van der Waals surface area (Å²) in [5, 5.41) is 9.94. The standard InChI is InChI=1S/C8H9N3OS/c1-6-5-12-11-8(6)10-4-7-9-2-3-13-7/h2-3,5H,4H2,1H3,(H,10,11). The first kappa shape index (κ1) is 8.25. The Hall–Kier alpha value is -1.36. The smallest absolute Gasteiger partial charge is 0.172 e. The number of anilines is 1. The van der Waals surface area contributed by atoms with Gasteiger partial charge in [0.05, 0.1) is 6.54 Å². The van der Waals surface area contributed by atoms with Gasteiger partial charge < -0.3 is 9.84 Å². The van der Waals surface area contributed by atoms with Crippen molar-refractivity contribution in [1.82, 2.24) is 10.1 Å². The van der Waals surface area contributed by atoms with Crippen LogP contribution in [0.3, 0.4) is 0 Å². The molecule has 68 valence electrons. The summed E-state index contributed by atoms with van der Waals surface area (Å²) in [7, 11) is 0. The molecule has 2 heterocycles. The molecule has 2 rings (SSSR count). The van der Waals surface area contributed by atoms with Crippen LogP contribution in [0.25, 0.3) is 0 Å². The van der Waals surface area contributed by atoms with Crippen molar-refractivity contribution in [1.29, 1.82) is 0 Å². The Kier molecular flexibility index (Phi) is 2.27. The predicted octanol–water partition coefficient (Wildman–Crippen LogP) is 2.05. The molecule has 0 saturated carbocycles. The molecule has 0 aliphatic heterocycles. The molecular formula is C8H9N3OS. The molecule has 13 heavy (non-hydrogen) atoms. The number of aryl methyl sites for hydroxylation is 1. The lowest BCUT2D eigenvalue weighted by Crippen LogP contribution is -1.99. The fourth-order valence-electron chi connectivity index (χ4n) is 0.957. The summed E-state index contributed by atoms with van der Waals surface area (Å²) >= 11 is 1.62. The zero-order valence-electron chi connectivity index (χ0n) is 7.15. The third-order valence-electron chi connectivity index (χ3n) is 1.64. The monoisotopic (exact) mass is 195 g/mol. The van der Waals surface area contributed by atoms with Crippen LogP contribution in [-0.2, 0) is 6.54 Å². The van der Waals surface area contributed by atoms with Gasteiger partial charge in [-0.15, -0.1) is 11.3 Å². The molecule has 2 aromatic heterocycles. The summed E-state index contributed by atoms with van der Waals surface area (Å²) in [5.41, 5.74) is 1.01. The van der Waals surface area contributed by atoms with Gasteiger partial charge in [0.2, 0.25) is 0 Å². The summed E-state index contributed by atoms with van der Waals surface area (Å²) in [4.78, 5) is 4.14. The number of hydrogen-bond donors (Lipinski definition) is 1. The van der Waals surface area contributed by atoms with Gasteiger partial charge in [-0.25, -0.2) is 4.98 Å². The molecule has 0 amide bonds. The van der Waals surface area contributed by atoms with Crippen molar-refractivity contribution in [3.8, 4) is 0 Å². The van der Waals surface area contributed by atoms with Crippen LogP contribution in [0, 0.1) is 6.92 Å². The fourth-order valence-corrected chi connectivity index (χ4v) is 1.51. The quantitative estimate of drug-likeness (QED) is 0.814. The highest BCUT2D eigenvalue weighted by Crippen LogP contribution is 2.12. The zero-order chi connectivity index (χ0) is 9.10. The molecule has 5 heteroatoms. The summed E-state index contributed by atoms with van der Waals surface area (Å²) in [6.45, 7) is 2.64. The largest absolute Gasteiger partial charge is 0.362 e. The highest BCUT2D eigenvalue weighted by molar-refractivity contribution is 7.09. The molecule has 0 aromatic carbocycles. The molecule has 0 aliphatic rings. The average Bonchev–Trinajstić information content (AvgIpc) is 2.72. The maximum absolute atomic E-state index is 4.79. The minimum Gasteiger partial charge on any atom is -0.362 e. The van der Waals surface area contributed by atoms with Crippen molar-refractivity contribution in [2.24, 2.45) is 0 Å². The third kappa shape index (κ3) is 1.86. The van der Waals surface area contributed by atoms with E-state index < -0.39 is 0 Å². The van der Waals surface area contributed by atoms with E-state index in [0.717, 1.165) is 16.4 Å². The van der Waals surface area contributed by atoms with Gasteiger partial charge in [0.25, 0.3) is 0 Å². The van der Waals surface area contributed by atoms with Crippen molar-refractivity contribution in [2.45, 2.75) is 13.5 Å². The maximum Gasteiger partial charge on any atom is 0.172 e. The lowest BCUT2D eigenvalue weighted by Gasteiger charge is -1.98. The SMILES string of the molecule is Cc1conc1NCc1nccs1. The molecule has 0 atom stereocenters. The Morgan fingerprint density at radius 3 is 3.15 bits per heavy atom. The fraction of sp³-hybridized carbons (Fsp3) is 0.250. The van der Waals surface area contributed by atoms with Crippen LogP contribution >= 0.6 is 11.3 Å². The van der Waals surface area contributed by atoms with Gasteiger partial charge >= 0.3 is 0 Å². The predicted molar refractivity (Wildman–Crippen MR) is 50.7 cm³/mol. The molecule has 0 spiro atoms. The first-order chi connectivity index (χ1) is 6.36. The number of thiazole rings is 1. The van der Waals surface area contributed by atoms with E-state index in [1.807, 2.05) is 12.3 Å². The van der Waals surface area contributed by atoms with E-state index in [0.29, 0.717) is 6.54 Å². The molecule has 0 bridgehead atoms. The normalized spacial score (nSPS) is 10.2. The summed E-state index contributed by atoms with van der Waals surface area (Å²) < 4.78 is 4.79. The summed E-state index contributed by atoms with van der Waals surface area (Å²) in [5.74, 6) is 0.787. The van der Waals surface area contributed by atoms with Crippen LogP contribution < -0.4 is 5.32 Å². The molecule has 4 nitrogen and oxygen atoms in total. The Balaban J connectivity index is 1.97. The lowest BCUT2D eigenvalue weighted by atomic mass is 10.4. The van der Waals surface area contributed by atoms with E-state index in [9.17, 15) is 0 Å². The molecule has 0 aliphatic carbocycles. The van der Waals surface area contributed by atoms with Crippen LogP contribution in [0.2, 0.25) is 0 Å². The molecular weight excluding hydrogens is 186 g/mol. The van der Waals surface area contributed by atoms with Crippen LogP contribution in [0.1, 0.15) is 10.6 Å². The van der Waals surface area contributed by atoms with E-state index in [4.69, 9.17) is 4.52 Å². The first-order valence-electron chi connectivity index (χ1n) is 3.89. The second-order valence-corrected chi connectivity index (χ2v) is 3.60. The molecule has 0 saturated heterocycles. The van der Waals surface area contributed by atoms with Crippen molar-refractivity contribution in [2.75, 3.05) is 5.32 Å². The summed E-state index contributed by atoms with van der Waals surface area (Å²) in [6.07, 6.45) is 3.40. The Labute approximate surface area is 79.6 Å². The number of hydrogen-bond acceptors (Lipinski definition) is 5. The van der Waals surface area contributed by atoms with Crippen LogP contribution in [0.15, 0.2) is 22.4 Å². The van der Waals surface area contributed by atoms with Gasteiger partial charge in [0.15, 0.2) is 5.82 Å². The van der Waals surface area contributed by atoms with Gasteiger partial charge in [-0.1, -0.05) is 5.16 Å². The topological polar surface area (TPSA) is 51.0 Å². The average molecular weight is 195 g/mol. The molecule has 0 fully saturated rings.